The number of carbonyl (C=O) groups is 2. The summed E-state index contributed by atoms with van der Waals surface area (Å²) in [7, 11) is 1.67. The molecule has 2 fully saturated rings. The third-order valence-electron chi connectivity index (χ3n) is 7.34. The van der Waals surface area contributed by atoms with Gasteiger partial charge in [-0.05, 0) is 49.2 Å². The number of hydrogen-bond donors (Lipinski definition) is 1. The van der Waals surface area contributed by atoms with Gasteiger partial charge in [0, 0.05) is 49.4 Å². The van der Waals surface area contributed by atoms with E-state index in [0.29, 0.717) is 12.0 Å². The fraction of sp³-hybridized carbons (Fsp3) is 0.429. The molecular weight excluding hydrogens is 428 g/mol. The second-order valence-corrected chi connectivity index (χ2v) is 9.42. The van der Waals surface area contributed by atoms with Crippen LogP contribution >= 0.6 is 0 Å². The number of benzene rings is 2. The van der Waals surface area contributed by atoms with E-state index in [-0.39, 0.29) is 35.4 Å². The highest BCUT2D eigenvalue weighted by Crippen LogP contribution is 2.50. The first-order chi connectivity index (χ1) is 16.4. The Morgan fingerprint density at radius 3 is 2.71 bits per heavy atom. The van der Waals surface area contributed by atoms with Gasteiger partial charge >= 0.3 is 5.97 Å². The third kappa shape index (κ3) is 5.02. The molecule has 6 nitrogen and oxygen atoms in total. The van der Waals surface area contributed by atoms with Crippen molar-refractivity contribution in [2.45, 2.75) is 43.7 Å². The van der Waals surface area contributed by atoms with E-state index in [9.17, 15) is 9.59 Å². The standard InChI is InChI=1S/C28H34N2O4/c1-4-14-30-15-13-28(22-11-8-12-24(16-22)33-3)18-23(17-26(25(28)19-30)34-20(2)31)29-27(32)21-9-6-5-7-10-21/h4-12,16,23,25-26H,1,13-15,17-19H2,2-3H3,(H,29,32)/t23-,25+,26?,28+/m1/s1. The lowest BCUT2D eigenvalue weighted by atomic mass is 9.57. The van der Waals surface area contributed by atoms with Gasteiger partial charge in [-0.25, -0.2) is 0 Å². The van der Waals surface area contributed by atoms with Gasteiger partial charge < -0.3 is 14.8 Å². The molecule has 34 heavy (non-hydrogen) atoms. The molecule has 1 N–H and O–H groups in total. The topological polar surface area (TPSA) is 67.9 Å². The smallest absolute Gasteiger partial charge is 0.302 e. The highest BCUT2D eigenvalue weighted by Gasteiger charge is 2.53. The number of rotatable bonds is 7. The molecule has 1 saturated heterocycles. The largest absolute Gasteiger partial charge is 0.497 e. The van der Waals surface area contributed by atoms with E-state index in [1.807, 2.05) is 48.5 Å². The number of nitrogens with one attached hydrogen (secondary N) is 1. The minimum Gasteiger partial charge on any atom is -0.497 e. The quantitative estimate of drug-likeness (QED) is 0.498. The van der Waals surface area contributed by atoms with Crippen molar-refractivity contribution >= 4 is 11.9 Å². The van der Waals surface area contributed by atoms with Crippen molar-refractivity contribution in [2.24, 2.45) is 5.92 Å². The number of nitrogens with zero attached hydrogens (tertiary/aromatic N) is 1. The van der Waals surface area contributed by atoms with Gasteiger partial charge in [-0.1, -0.05) is 36.4 Å². The summed E-state index contributed by atoms with van der Waals surface area (Å²) < 4.78 is 11.5. The lowest BCUT2D eigenvalue weighted by Crippen LogP contribution is -2.61. The van der Waals surface area contributed by atoms with Gasteiger partial charge in [0.15, 0.2) is 0 Å². The molecule has 1 aliphatic carbocycles. The van der Waals surface area contributed by atoms with Crippen LogP contribution in [0.1, 0.15) is 42.1 Å². The average molecular weight is 463 g/mol. The molecule has 2 aromatic carbocycles. The van der Waals surface area contributed by atoms with Crippen molar-refractivity contribution in [3.05, 3.63) is 78.4 Å². The van der Waals surface area contributed by atoms with Gasteiger partial charge in [0.1, 0.15) is 11.9 Å². The van der Waals surface area contributed by atoms with Crippen molar-refractivity contribution in [3.63, 3.8) is 0 Å². The molecule has 1 unspecified atom stereocenters. The summed E-state index contributed by atoms with van der Waals surface area (Å²) in [6, 6.07) is 17.3. The van der Waals surface area contributed by atoms with E-state index in [1.54, 1.807) is 7.11 Å². The molecule has 1 saturated carbocycles. The molecule has 0 spiro atoms. The van der Waals surface area contributed by atoms with Crippen molar-refractivity contribution < 1.29 is 19.1 Å². The molecule has 2 aromatic rings. The van der Waals surface area contributed by atoms with Gasteiger partial charge in [0.25, 0.3) is 5.91 Å². The van der Waals surface area contributed by atoms with Crippen LogP contribution in [0.15, 0.2) is 67.3 Å². The maximum Gasteiger partial charge on any atom is 0.302 e. The zero-order chi connectivity index (χ0) is 24.1. The predicted octanol–water partition coefficient (Wildman–Crippen LogP) is 3.97. The van der Waals surface area contributed by atoms with Crippen LogP contribution in [0, 0.1) is 5.92 Å². The number of amides is 1. The van der Waals surface area contributed by atoms with Crippen LogP contribution < -0.4 is 10.1 Å². The first-order valence-corrected chi connectivity index (χ1v) is 12.0. The maximum atomic E-state index is 13.0. The van der Waals surface area contributed by atoms with Crippen molar-refractivity contribution in [1.82, 2.24) is 10.2 Å². The van der Waals surface area contributed by atoms with Crippen molar-refractivity contribution in [2.75, 3.05) is 26.7 Å². The van der Waals surface area contributed by atoms with Crippen LogP contribution in [-0.4, -0.2) is 55.7 Å². The second kappa shape index (κ2) is 10.4. The Bertz CT molecular complexity index is 1020. The Labute approximate surface area is 201 Å². The molecule has 4 rings (SSSR count). The van der Waals surface area contributed by atoms with E-state index in [2.05, 4.69) is 28.9 Å². The van der Waals surface area contributed by atoms with Gasteiger partial charge in [-0.2, -0.15) is 0 Å². The fourth-order valence-electron chi connectivity index (χ4n) is 5.85. The van der Waals surface area contributed by atoms with E-state index in [4.69, 9.17) is 9.47 Å². The number of piperidine rings is 1. The normalized spacial score (nSPS) is 26.7. The monoisotopic (exact) mass is 462 g/mol. The molecule has 0 bridgehead atoms. The molecule has 1 aliphatic heterocycles. The minimum absolute atomic E-state index is 0.0992. The first kappa shape index (κ1) is 24.0. The average Bonchev–Trinajstić information content (AvgIpc) is 2.85. The number of likely N-dealkylation sites (tertiary alicyclic amines) is 1. The summed E-state index contributed by atoms with van der Waals surface area (Å²) in [5.41, 5.74) is 1.55. The molecule has 180 valence electrons. The SMILES string of the molecule is C=CCN1CC[C@@]2(c3cccc(OC)c3)C[C@H](NC(=O)c3ccccc3)CC(OC(C)=O)[C@@H]2C1. The number of ether oxygens (including phenoxy) is 2. The number of fused-ring (bicyclic) bond motifs is 1. The highest BCUT2D eigenvalue weighted by molar-refractivity contribution is 5.94. The Hall–Kier alpha value is -3.12. The Morgan fingerprint density at radius 2 is 2.00 bits per heavy atom. The molecule has 1 heterocycles. The second-order valence-electron chi connectivity index (χ2n) is 9.42. The summed E-state index contributed by atoms with van der Waals surface area (Å²) in [6.45, 7) is 7.88. The van der Waals surface area contributed by atoms with Crippen LogP contribution in [-0.2, 0) is 14.9 Å². The van der Waals surface area contributed by atoms with Crippen molar-refractivity contribution in [1.29, 1.82) is 0 Å². The molecule has 0 radical (unpaired) electrons. The van der Waals surface area contributed by atoms with E-state index in [1.165, 1.54) is 12.5 Å². The Kier molecular flexibility index (Phi) is 7.37. The Balaban J connectivity index is 1.71. The van der Waals surface area contributed by atoms with Crippen LogP contribution in [0.2, 0.25) is 0 Å². The van der Waals surface area contributed by atoms with Crippen LogP contribution in [0.25, 0.3) is 0 Å². The van der Waals surface area contributed by atoms with E-state index in [0.717, 1.165) is 38.2 Å². The van der Waals surface area contributed by atoms with Gasteiger partial charge in [-0.15, -0.1) is 6.58 Å². The molecule has 0 aromatic heterocycles. The predicted molar refractivity (Wildman–Crippen MR) is 132 cm³/mol. The van der Waals surface area contributed by atoms with E-state index < -0.39 is 0 Å². The lowest BCUT2D eigenvalue weighted by Gasteiger charge is -2.55. The molecule has 1 amide bonds. The zero-order valence-electron chi connectivity index (χ0n) is 20.0. The molecule has 4 atom stereocenters. The highest BCUT2D eigenvalue weighted by atomic mass is 16.5. The number of carbonyl (C=O) groups excluding carboxylic acids is 2. The number of methoxy groups -OCH3 is 1. The minimum atomic E-state index is -0.300. The van der Waals surface area contributed by atoms with Crippen LogP contribution in [0.3, 0.4) is 0 Å². The van der Waals surface area contributed by atoms with Crippen LogP contribution in [0.4, 0.5) is 0 Å². The number of esters is 1. The third-order valence-corrected chi connectivity index (χ3v) is 7.34. The first-order valence-electron chi connectivity index (χ1n) is 12.0. The maximum absolute atomic E-state index is 13.0. The molecular formula is C28H34N2O4. The van der Waals surface area contributed by atoms with E-state index >= 15 is 0 Å². The van der Waals surface area contributed by atoms with Crippen LogP contribution in [0.5, 0.6) is 5.75 Å². The summed E-state index contributed by atoms with van der Waals surface area (Å²) >= 11 is 0. The van der Waals surface area contributed by atoms with Gasteiger partial charge in [0.2, 0.25) is 0 Å². The van der Waals surface area contributed by atoms with Gasteiger partial charge in [-0.3, -0.25) is 14.5 Å². The number of hydrogen-bond acceptors (Lipinski definition) is 5. The summed E-state index contributed by atoms with van der Waals surface area (Å²) in [4.78, 5) is 27.5. The zero-order valence-corrected chi connectivity index (χ0v) is 20.0. The summed E-state index contributed by atoms with van der Waals surface area (Å²) in [6.07, 6.45) is 3.89. The molecule has 6 heteroatoms. The molecule has 2 aliphatic rings. The summed E-state index contributed by atoms with van der Waals surface area (Å²) in [5.74, 6) is 0.511. The summed E-state index contributed by atoms with van der Waals surface area (Å²) in [5, 5.41) is 3.24. The van der Waals surface area contributed by atoms with Gasteiger partial charge in [0.05, 0.1) is 7.11 Å². The lowest BCUT2D eigenvalue weighted by molar-refractivity contribution is -0.157. The Morgan fingerprint density at radius 1 is 1.21 bits per heavy atom. The fourth-order valence-corrected chi connectivity index (χ4v) is 5.85. The van der Waals surface area contributed by atoms with Crippen molar-refractivity contribution in [3.8, 4) is 5.75 Å².